The molecule has 0 aromatic carbocycles. The number of hydrogen-bond acceptors (Lipinski definition) is 2. The lowest BCUT2D eigenvalue weighted by Gasteiger charge is -1.77. The number of nitrogens with one attached hydrogen (secondary N) is 1. The van der Waals surface area contributed by atoms with Crippen LogP contribution in [0.5, 0.6) is 0 Å². The molecule has 0 spiro atoms. The number of hydrogen-bond donors (Lipinski definition) is 2. The highest BCUT2D eigenvalue weighted by Crippen LogP contribution is 2.01. The standard InChI is InChI=1S/C4H3IN2O2/c5-3-1-2(4(8)9)6-7-3/h1H,(H,6,7)(H,8,9). The van der Waals surface area contributed by atoms with E-state index in [4.69, 9.17) is 5.11 Å². The van der Waals surface area contributed by atoms with Crippen LogP contribution in [0.25, 0.3) is 0 Å². The van der Waals surface area contributed by atoms with Crippen LogP contribution in [0.4, 0.5) is 0 Å². The summed E-state index contributed by atoms with van der Waals surface area (Å²) in [6.07, 6.45) is 0. The number of carbonyl (C=O) groups is 1. The molecule has 2 N–H and O–H groups in total. The van der Waals surface area contributed by atoms with Crippen LogP contribution in [0.3, 0.4) is 0 Å². The molecular weight excluding hydrogens is 235 g/mol. The molecule has 5 heteroatoms. The molecule has 0 aliphatic heterocycles. The Hall–Kier alpha value is -0.590. The number of rotatable bonds is 1. The maximum absolute atomic E-state index is 10.1. The number of halogens is 1. The number of carboxylic acids is 1. The Balaban J connectivity index is 2.98. The first-order chi connectivity index (χ1) is 4.20. The molecule has 0 fully saturated rings. The molecule has 0 saturated heterocycles. The van der Waals surface area contributed by atoms with Crippen molar-refractivity contribution in [3.63, 3.8) is 0 Å². The highest BCUT2D eigenvalue weighted by Gasteiger charge is 2.04. The summed E-state index contributed by atoms with van der Waals surface area (Å²) in [5.74, 6) is -1.01. The smallest absolute Gasteiger partial charge is 0.356 e. The average Bonchev–Trinajstić information content (AvgIpc) is 2.14. The fourth-order valence-electron chi connectivity index (χ4n) is 0.408. The van der Waals surface area contributed by atoms with Gasteiger partial charge >= 0.3 is 5.97 Å². The largest absolute Gasteiger partial charge is 0.476 e. The molecule has 0 unspecified atom stereocenters. The van der Waals surface area contributed by atoms with Crippen LogP contribution >= 0.6 is 22.6 Å². The van der Waals surface area contributed by atoms with Gasteiger partial charge in [0, 0.05) is 6.07 Å². The number of aromatic carboxylic acids is 1. The molecule has 1 aromatic heterocycles. The van der Waals surface area contributed by atoms with E-state index in [1.54, 1.807) is 0 Å². The Morgan fingerprint density at radius 2 is 2.56 bits per heavy atom. The zero-order valence-electron chi connectivity index (χ0n) is 4.26. The summed E-state index contributed by atoms with van der Waals surface area (Å²) in [7, 11) is 0. The zero-order valence-corrected chi connectivity index (χ0v) is 6.42. The van der Waals surface area contributed by atoms with Crippen LogP contribution in [-0.2, 0) is 0 Å². The third-order valence-corrected chi connectivity index (χ3v) is 1.32. The van der Waals surface area contributed by atoms with E-state index in [2.05, 4.69) is 10.2 Å². The fraction of sp³-hybridized carbons (Fsp3) is 0. The monoisotopic (exact) mass is 238 g/mol. The van der Waals surface area contributed by atoms with E-state index in [0.29, 0.717) is 0 Å². The number of aromatic nitrogens is 2. The number of H-pyrrole nitrogens is 1. The van der Waals surface area contributed by atoms with Gasteiger partial charge in [0.15, 0.2) is 5.69 Å². The van der Waals surface area contributed by atoms with E-state index < -0.39 is 5.97 Å². The number of carboxylic acid groups (broad SMARTS) is 1. The lowest BCUT2D eigenvalue weighted by Crippen LogP contribution is -1.95. The highest BCUT2D eigenvalue weighted by molar-refractivity contribution is 14.1. The van der Waals surface area contributed by atoms with Gasteiger partial charge < -0.3 is 5.11 Å². The minimum atomic E-state index is -1.01. The van der Waals surface area contributed by atoms with Crippen LogP contribution in [-0.4, -0.2) is 21.3 Å². The van der Waals surface area contributed by atoms with Crippen LogP contribution < -0.4 is 0 Å². The van der Waals surface area contributed by atoms with E-state index in [1.807, 2.05) is 22.6 Å². The van der Waals surface area contributed by atoms with Crippen molar-refractivity contribution in [2.45, 2.75) is 0 Å². The number of nitrogens with zero attached hydrogens (tertiary/aromatic N) is 1. The number of aromatic amines is 1. The highest BCUT2D eigenvalue weighted by atomic mass is 127. The van der Waals surface area contributed by atoms with Gasteiger partial charge in [-0.05, 0) is 22.6 Å². The third kappa shape index (κ3) is 1.41. The lowest BCUT2D eigenvalue weighted by molar-refractivity contribution is 0.0690. The van der Waals surface area contributed by atoms with E-state index in [1.165, 1.54) is 6.07 Å². The summed E-state index contributed by atoms with van der Waals surface area (Å²) in [4.78, 5) is 10.1. The SMILES string of the molecule is O=C(O)c1cc(I)[nH]n1. The molecule has 1 heterocycles. The third-order valence-electron chi connectivity index (χ3n) is 0.766. The van der Waals surface area contributed by atoms with Crippen molar-refractivity contribution in [1.82, 2.24) is 10.2 Å². The topological polar surface area (TPSA) is 66.0 Å². The zero-order chi connectivity index (χ0) is 6.85. The molecule has 0 radical (unpaired) electrons. The molecule has 9 heavy (non-hydrogen) atoms. The van der Waals surface area contributed by atoms with E-state index in [-0.39, 0.29) is 5.69 Å². The molecule has 1 aromatic rings. The average molecular weight is 238 g/mol. The summed E-state index contributed by atoms with van der Waals surface area (Å²) in [6.45, 7) is 0. The van der Waals surface area contributed by atoms with Crippen molar-refractivity contribution < 1.29 is 9.90 Å². The van der Waals surface area contributed by atoms with Gasteiger partial charge in [0.05, 0.1) is 3.70 Å². The lowest BCUT2D eigenvalue weighted by atomic mass is 10.5. The van der Waals surface area contributed by atoms with E-state index in [9.17, 15) is 4.79 Å². The second-order valence-electron chi connectivity index (χ2n) is 1.41. The first-order valence-electron chi connectivity index (χ1n) is 2.14. The Morgan fingerprint density at radius 3 is 2.78 bits per heavy atom. The van der Waals surface area contributed by atoms with Crippen molar-refractivity contribution in [3.8, 4) is 0 Å². The summed E-state index contributed by atoms with van der Waals surface area (Å²) in [6, 6.07) is 1.46. The molecule has 0 amide bonds. The van der Waals surface area contributed by atoms with Gasteiger partial charge in [0.2, 0.25) is 0 Å². The van der Waals surface area contributed by atoms with E-state index in [0.717, 1.165) is 3.70 Å². The summed E-state index contributed by atoms with van der Waals surface area (Å²) >= 11 is 1.95. The predicted molar refractivity (Wildman–Crippen MR) is 38.3 cm³/mol. The normalized spacial score (nSPS) is 9.44. The van der Waals surface area contributed by atoms with Crippen molar-refractivity contribution >= 4 is 28.6 Å². The quantitative estimate of drug-likeness (QED) is 0.708. The Labute approximate surface area is 64.4 Å². The predicted octanol–water partition coefficient (Wildman–Crippen LogP) is 0.713. The van der Waals surface area contributed by atoms with Gasteiger partial charge in [-0.3, -0.25) is 5.10 Å². The minimum absolute atomic E-state index is 0.0550. The second-order valence-corrected chi connectivity index (χ2v) is 2.57. The minimum Gasteiger partial charge on any atom is -0.476 e. The Morgan fingerprint density at radius 1 is 1.89 bits per heavy atom. The van der Waals surface area contributed by atoms with Gasteiger partial charge in [-0.25, -0.2) is 4.79 Å². The summed E-state index contributed by atoms with van der Waals surface area (Å²) in [5, 5.41) is 14.3. The molecule has 1 rings (SSSR count). The van der Waals surface area contributed by atoms with Gasteiger partial charge in [0.1, 0.15) is 0 Å². The molecule has 0 atom stereocenters. The van der Waals surface area contributed by atoms with Crippen molar-refractivity contribution in [2.24, 2.45) is 0 Å². The first kappa shape index (κ1) is 6.53. The van der Waals surface area contributed by atoms with Gasteiger partial charge in [-0.1, -0.05) is 0 Å². The maximum atomic E-state index is 10.1. The van der Waals surface area contributed by atoms with Crippen molar-refractivity contribution in [1.29, 1.82) is 0 Å². The van der Waals surface area contributed by atoms with Gasteiger partial charge in [0.25, 0.3) is 0 Å². The first-order valence-corrected chi connectivity index (χ1v) is 3.22. The molecule has 48 valence electrons. The molecular formula is C4H3IN2O2. The maximum Gasteiger partial charge on any atom is 0.356 e. The van der Waals surface area contributed by atoms with Crippen LogP contribution in [0.2, 0.25) is 0 Å². The molecule has 0 bridgehead atoms. The summed E-state index contributed by atoms with van der Waals surface area (Å²) in [5.41, 5.74) is 0.0550. The van der Waals surface area contributed by atoms with Crippen LogP contribution in [0, 0.1) is 3.70 Å². The van der Waals surface area contributed by atoms with E-state index >= 15 is 0 Å². The molecule has 0 aliphatic rings. The summed E-state index contributed by atoms with van der Waals surface area (Å²) < 4.78 is 0.727. The Bertz CT molecular complexity index is 232. The molecule has 4 nitrogen and oxygen atoms in total. The van der Waals surface area contributed by atoms with Gasteiger partial charge in [-0.15, -0.1) is 0 Å². The molecule has 0 aliphatic carbocycles. The Kier molecular flexibility index (Phi) is 1.70. The fourth-order valence-corrected chi connectivity index (χ4v) is 0.823. The van der Waals surface area contributed by atoms with Crippen molar-refractivity contribution in [2.75, 3.05) is 0 Å². The van der Waals surface area contributed by atoms with Crippen molar-refractivity contribution in [3.05, 3.63) is 15.5 Å². The molecule has 0 saturated carbocycles. The van der Waals surface area contributed by atoms with Crippen LogP contribution in [0.1, 0.15) is 10.5 Å². The van der Waals surface area contributed by atoms with Crippen LogP contribution in [0.15, 0.2) is 6.07 Å². The second kappa shape index (κ2) is 2.34. The van der Waals surface area contributed by atoms with Gasteiger partial charge in [-0.2, -0.15) is 5.10 Å².